The Morgan fingerprint density at radius 1 is 1.33 bits per heavy atom. The Morgan fingerprint density at radius 2 is 2.00 bits per heavy atom. The zero-order valence-corrected chi connectivity index (χ0v) is 9.48. The average molecular weight is 208 g/mol. The number of aromatic amines is 1. The van der Waals surface area contributed by atoms with E-state index in [-0.39, 0.29) is 6.10 Å². The SMILES string of the molecule is CC1CC(C)CC(C(O)c2cn[nH]c2)C1. The lowest BCUT2D eigenvalue weighted by Crippen LogP contribution is -2.24. The molecule has 0 amide bonds. The number of rotatable bonds is 2. The Hall–Kier alpha value is -0.830. The van der Waals surface area contributed by atoms with Crippen LogP contribution in [0.4, 0.5) is 0 Å². The highest BCUT2D eigenvalue weighted by atomic mass is 16.3. The molecule has 1 fully saturated rings. The maximum atomic E-state index is 10.2. The number of aromatic nitrogens is 2. The molecule has 1 aliphatic rings. The first-order valence-electron chi connectivity index (χ1n) is 5.83. The zero-order chi connectivity index (χ0) is 10.8. The topological polar surface area (TPSA) is 48.9 Å². The second kappa shape index (κ2) is 4.35. The van der Waals surface area contributed by atoms with Gasteiger partial charge in [0.05, 0.1) is 12.3 Å². The quantitative estimate of drug-likeness (QED) is 0.784. The molecule has 3 atom stereocenters. The molecule has 15 heavy (non-hydrogen) atoms. The van der Waals surface area contributed by atoms with Crippen molar-refractivity contribution in [1.29, 1.82) is 0 Å². The van der Waals surface area contributed by atoms with Crippen LogP contribution in [0.2, 0.25) is 0 Å². The highest BCUT2D eigenvalue weighted by Crippen LogP contribution is 2.39. The van der Waals surface area contributed by atoms with Crippen LogP contribution in [0.3, 0.4) is 0 Å². The van der Waals surface area contributed by atoms with Gasteiger partial charge in [-0.2, -0.15) is 5.10 Å². The zero-order valence-electron chi connectivity index (χ0n) is 9.48. The van der Waals surface area contributed by atoms with Gasteiger partial charge in [0.2, 0.25) is 0 Å². The first-order chi connectivity index (χ1) is 7.16. The van der Waals surface area contributed by atoms with Gasteiger partial charge in [-0.1, -0.05) is 13.8 Å². The minimum atomic E-state index is -0.339. The van der Waals surface area contributed by atoms with Crippen LogP contribution < -0.4 is 0 Å². The van der Waals surface area contributed by atoms with Crippen LogP contribution in [0, 0.1) is 17.8 Å². The maximum Gasteiger partial charge on any atom is 0.0848 e. The van der Waals surface area contributed by atoms with Crippen LogP contribution in [-0.2, 0) is 0 Å². The summed E-state index contributed by atoms with van der Waals surface area (Å²) in [5, 5.41) is 16.9. The predicted octanol–water partition coefficient (Wildman–Crippen LogP) is 2.52. The van der Waals surface area contributed by atoms with E-state index in [1.54, 1.807) is 12.4 Å². The standard InChI is InChI=1S/C12H20N2O/c1-8-3-9(2)5-10(4-8)12(15)11-6-13-14-7-11/h6-10,12,15H,3-5H2,1-2H3,(H,13,14). The number of hydrogen-bond donors (Lipinski definition) is 2. The molecule has 1 aliphatic carbocycles. The van der Waals surface area contributed by atoms with Gasteiger partial charge < -0.3 is 5.11 Å². The number of aliphatic hydroxyl groups excluding tert-OH is 1. The summed E-state index contributed by atoms with van der Waals surface area (Å²) in [7, 11) is 0. The lowest BCUT2D eigenvalue weighted by Gasteiger charge is -2.34. The summed E-state index contributed by atoms with van der Waals surface area (Å²) in [6.07, 6.45) is 6.76. The van der Waals surface area contributed by atoms with E-state index in [1.165, 1.54) is 6.42 Å². The summed E-state index contributed by atoms with van der Waals surface area (Å²) in [5.41, 5.74) is 0.932. The van der Waals surface area contributed by atoms with Crippen molar-refractivity contribution >= 4 is 0 Å². The normalized spacial score (nSPS) is 33.9. The molecule has 84 valence electrons. The third kappa shape index (κ3) is 2.40. The van der Waals surface area contributed by atoms with Gasteiger partial charge >= 0.3 is 0 Å². The first kappa shape index (κ1) is 10.7. The Labute approximate surface area is 90.9 Å². The lowest BCUT2D eigenvalue weighted by molar-refractivity contribution is 0.0552. The van der Waals surface area contributed by atoms with Gasteiger partial charge in [0.25, 0.3) is 0 Å². The van der Waals surface area contributed by atoms with Gasteiger partial charge in [0.15, 0.2) is 0 Å². The highest BCUT2D eigenvalue weighted by molar-refractivity contribution is 5.08. The third-order valence-electron chi connectivity index (χ3n) is 3.52. The van der Waals surface area contributed by atoms with Crippen molar-refractivity contribution in [1.82, 2.24) is 10.2 Å². The van der Waals surface area contributed by atoms with Crippen LogP contribution in [-0.4, -0.2) is 15.3 Å². The van der Waals surface area contributed by atoms with E-state index < -0.39 is 0 Å². The highest BCUT2D eigenvalue weighted by Gasteiger charge is 2.30. The van der Waals surface area contributed by atoms with Crippen molar-refractivity contribution in [3.8, 4) is 0 Å². The third-order valence-corrected chi connectivity index (χ3v) is 3.52. The van der Waals surface area contributed by atoms with Gasteiger partial charge in [0.1, 0.15) is 0 Å². The second-order valence-electron chi connectivity index (χ2n) is 5.15. The van der Waals surface area contributed by atoms with Crippen LogP contribution >= 0.6 is 0 Å². The van der Waals surface area contributed by atoms with Crippen LogP contribution in [0.1, 0.15) is 44.8 Å². The van der Waals surface area contributed by atoms with Crippen molar-refractivity contribution in [2.24, 2.45) is 17.8 Å². The minimum Gasteiger partial charge on any atom is -0.388 e. The van der Waals surface area contributed by atoms with Crippen LogP contribution in [0.5, 0.6) is 0 Å². The van der Waals surface area contributed by atoms with Crippen molar-refractivity contribution in [2.75, 3.05) is 0 Å². The summed E-state index contributed by atoms with van der Waals surface area (Å²) >= 11 is 0. The molecule has 1 heterocycles. The Balaban J connectivity index is 2.03. The molecule has 3 nitrogen and oxygen atoms in total. The fourth-order valence-electron chi connectivity index (χ4n) is 2.96. The summed E-state index contributed by atoms with van der Waals surface area (Å²) < 4.78 is 0. The number of H-pyrrole nitrogens is 1. The number of nitrogens with one attached hydrogen (secondary N) is 1. The number of hydrogen-bond acceptors (Lipinski definition) is 2. The molecule has 3 unspecified atom stereocenters. The monoisotopic (exact) mass is 208 g/mol. The van der Waals surface area contributed by atoms with Crippen molar-refractivity contribution < 1.29 is 5.11 Å². The van der Waals surface area contributed by atoms with Gasteiger partial charge in [-0.3, -0.25) is 5.10 Å². The smallest absolute Gasteiger partial charge is 0.0848 e. The summed E-state index contributed by atoms with van der Waals surface area (Å²) in [5.74, 6) is 1.88. The molecule has 1 aromatic heterocycles. The molecular weight excluding hydrogens is 188 g/mol. The molecule has 0 bridgehead atoms. The maximum absolute atomic E-state index is 10.2. The average Bonchev–Trinajstić information content (AvgIpc) is 2.67. The van der Waals surface area contributed by atoms with E-state index in [4.69, 9.17) is 0 Å². The molecule has 1 aromatic rings. The molecule has 0 saturated heterocycles. The predicted molar refractivity (Wildman–Crippen MR) is 59.2 cm³/mol. The largest absolute Gasteiger partial charge is 0.388 e. The van der Waals surface area contributed by atoms with E-state index in [0.717, 1.165) is 30.2 Å². The Bertz CT molecular complexity index is 287. The van der Waals surface area contributed by atoms with Crippen molar-refractivity contribution in [3.63, 3.8) is 0 Å². The van der Waals surface area contributed by atoms with Gasteiger partial charge in [0, 0.05) is 11.8 Å². The van der Waals surface area contributed by atoms with E-state index in [9.17, 15) is 5.11 Å². The summed E-state index contributed by atoms with van der Waals surface area (Å²) in [6, 6.07) is 0. The van der Waals surface area contributed by atoms with Gasteiger partial charge in [-0.15, -0.1) is 0 Å². The van der Waals surface area contributed by atoms with E-state index in [0.29, 0.717) is 5.92 Å². The molecule has 2 N–H and O–H groups in total. The summed E-state index contributed by atoms with van der Waals surface area (Å²) in [4.78, 5) is 0. The molecule has 3 heteroatoms. The Morgan fingerprint density at radius 3 is 2.53 bits per heavy atom. The molecule has 0 aromatic carbocycles. The van der Waals surface area contributed by atoms with Crippen LogP contribution in [0.15, 0.2) is 12.4 Å². The fraction of sp³-hybridized carbons (Fsp3) is 0.750. The van der Waals surface area contributed by atoms with E-state index >= 15 is 0 Å². The van der Waals surface area contributed by atoms with Gasteiger partial charge in [-0.25, -0.2) is 0 Å². The second-order valence-corrected chi connectivity index (χ2v) is 5.15. The molecule has 0 spiro atoms. The fourth-order valence-corrected chi connectivity index (χ4v) is 2.96. The van der Waals surface area contributed by atoms with E-state index in [1.807, 2.05) is 0 Å². The van der Waals surface area contributed by atoms with E-state index in [2.05, 4.69) is 24.0 Å². The van der Waals surface area contributed by atoms with Gasteiger partial charge in [-0.05, 0) is 37.0 Å². The number of nitrogens with zero attached hydrogens (tertiary/aromatic N) is 1. The molecular formula is C12H20N2O. The van der Waals surface area contributed by atoms with Crippen molar-refractivity contribution in [3.05, 3.63) is 18.0 Å². The molecule has 0 radical (unpaired) electrons. The van der Waals surface area contributed by atoms with Crippen LogP contribution in [0.25, 0.3) is 0 Å². The number of aliphatic hydroxyl groups is 1. The summed E-state index contributed by atoms with van der Waals surface area (Å²) in [6.45, 7) is 4.56. The molecule has 1 saturated carbocycles. The van der Waals surface area contributed by atoms with Crippen molar-refractivity contribution in [2.45, 2.75) is 39.2 Å². The lowest BCUT2D eigenvalue weighted by atomic mass is 9.73. The Kier molecular flexibility index (Phi) is 3.10. The minimum absolute atomic E-state index is 0.339. The molecule has 2 rings (SSSR count). The molecule has 0 aliphatic heterocycles. The first-order valence-corrected chi connectivity index (χ1v) is 5.83.